The first-order valence-corrected chi connectivity index (χ1v) is 9.06. The first-order chi connectivity index (χ1) is 13.0. The molecule has 11 heteroatoms. The van der Waals surface area contributed by atoms with E-state index in [4.69, 9.17) is 21.1 Å². The maximum atomic E-state index is 12.1. The number of halogens is 1. The van der Waals surface area contributed by atoms with Gasteiger partial charge in [-0.2, -0.15) is 4.98 Å². The van der Waals surface area contributed by atoms with E-state index in [1.807, 2.05) is 13.8 Å². The van der Waals surface area contributed by atoms with Crippen molar-refractivity contribution in [3.63, 3.8) is 0 Å². The van der Waals surface area contributed by atoms with Crippen LogP contribution in [0.5, 0.6) is 0 Å². The quantitative estimate of drug-likeness (QED) is 0.327. The van der Waals surface area contributed by atoms with Crippen LogP contribution in [0, 0.1) is 10.1 Å². The predicted molar refractivity (Wildman–Crippen MR) is 103 cm³/mol. The molecule has 2 unspecified atom stereocenters. The average molecular weight is 406 g/mol. The molecule has 1 aromatic rings. The highest BCUT2D eigenvalue weighted by molar-refractivity contribution is 6.28. The molecule has 0 amide bonds. The van der Waals surface area contributed by atoms with Crippen molar-refractivity contribution in [2.75, 3.05) is 32.3 Å². The number of esters is 1. The summed E-state index contributed by atoms with van der Waals surface area (Å²) in [7, 11) is 2.77. The number of hydrogen-bond acceptors (Lipinski definition) is 9. The second-order valence-electron chi connectivity index (χ2n) is 4.98. The number of carbonyl (C=O) groups excluding carboxylic acids is 1. The predicted octanol–water partition coefficient (Wildman–Crippen LogP) is 2.19. The zero-order chi connectivity index (χ0) is 21.0. The van der Waals surface area contributed by atoms with E-state index in [-0.39, 0.29) is 22.8 Å². The Morgan fingerprint density at radius 2 is 2.19 bits per heavy atom. The minimum atomic E-state index is -0.726. The summed E-state index contributed by atoms with van der Waals surface area (Å²) in [6.07, 6.45) is 2.05. The molecule has 0 aromatic carbocycles. The van der Waals surface area contributed by atoms with E-state index < -0.39 is 16.9 Å². The van der Waals surface area contributed by atoms with Crippen LogP contribution in [0.1, 0.15) is 33.6 Å². The van der Waals surface area contributed by atoms with Gasteiger partial charge < -0.3 is 20.1 Å². The molecule has 2 rings (SSSR count). The standard InChI is InChI=1S/C13H17ClN4O5.C2H6.CH5N/c1-3-9(12(19)22-2)17(8-4-5-23-7-8)11-10(18(20)21)6-15-13(14)16-11;2*1-2/h6,8-9H,3-5,7H2,1-2H3;1-2H3;2H2,1H3. The van der Waals surface area contributed by atoms with E-state index in [2.05, 4.69) is 15.7 Å². The summed E-state index contributed by atoms with van der Waals surface area (Å²) in [5.41, 5.74) is 4.18. The summed E-state index contributed by atoms with van der Waals surface area (Å²) in [4.78, 5) is 32.1. The van der Waals surface area contributed by atoms with Gasteiger partial charge in [-0.05, 0) is 31.5 Å². The zero-order valence-corrected chi connectivity index (χ0v) is 17.1. The minimum absolute atomic E-state index is 0.00255. The number of nitro groups is 1. The van der Waals surface area contributed by atoms with Gasteiger partial charge in [0.15, 0.2) is 0 Å². The van der Waals surface area contributed by atoms with Crippen molar-refractivity contribution in [1.82, 2.24) is 9.97 Å². The Morgan fingerprint density at radius 1 is 1.56 bits per heavy atom. The molecule has 2 N–H and O–H groups in total. The molecular formula is C16H28ClN5O5. The molecular weight excluding hydrogens is 378 g/mol. The van der Waals surface area contributed by atoms with Gasteiger partial charge in [-0.1, -0.05) is 20.8 Å². The number of rotatable bonds is 6. The number of nitrogens with two attached hydrogens (primary N) is 1. The van der Waals surface area contributed by atoms with Crippen LogP contribution in [0.25, 0.3) is 0 Å². The highest BCUT2D eigenvalue weighted by Gasteiger charge is 2.38. The molecule has 27 heavy (non-hydrogen) atoms. The topological polar surface area (TPSA) is 134 Å². The maximum Gasteiger partial charge on any atom is 0.329 e. The lowest BCUT2D eigenvalue weighted by Crippen LogP contribution is -2.49. The van der Waals surface area contributed by atoms with Gasteiger partial charge in [0.25, 0.3) is 0 Å². The van der Waals surface area contributed by atoms with Gasteiger partial charge in [-0.15, -0.1) is 0 Å². The van der Waals surface area contributed by atoms with Crippen molar-refractivity contribution in [3.8, 4) is 0 Å². The lowest BCUT2D eigenvalue weighted by molar-refractivity contribution is -0.384. The van der Waals surface area contributed by atoms with Crippen LogP contribution in [-0.2, 0) is 14.3 Å². The summed E-state index contributed by atoms with van der Waals surface area (Å²) in [5.74, 6) is -0.494. The highest BCUT2D eigenvalue weighted by atomic mass is 35.5. The summed E-state index contributed by atoms with van der Waals surface area (Å²) < 4.78 is 10.2. The van der Waals surface area contributed by atoms with Crippen molar-refractivity contribution in [2.24, 2.45) is 5.73 Å². The van der Waals surface area contributed by atoms with Gasteiger partial charge in [-0.3, -0.25) is 10.1 Å². The Bertz CT molecular complexity index is 599. The number of methoxy groups -OCH3 is 1. The number of ether oxygens (including phenoxy) is 2. The summed E-state index contributed by atoms with van der Waals surface area (Å²) >= 11 is 5.81. The number of anilines is 1. The third kappa shape index (κ3) is 6.56. The Kier molecular flexibility index (Phi) is 12.2. The van der Waals surface area contributed by atoms with E-state index in [1.54, 1.807) is 11.8 Å². The fourth-order valence-corrected chi connectivity index (χ4v) is 2.72. The average Bonchev–Trinajstić information content (AvgIpc) is 3.22. The molecule has 1 fully saturated rings. The molecule has 154 valence electrons. The van der Waals surface area contributed by atoms with Crippen molar-refractivity contribution < 1.29 is 19.2 Å². The Labute approximate surface area is 164 Å². The van der Waals surface area contributed by atoms with Gasteiger partial charge in [0.1, 0.15) is 12.2 Å². The van der Waals surface area contributed by atoms with Gasteiger partial charge in [-0.25, -0.2) is 9.78 Å². The Hall–Kier alpha value is -2.04. The molecule has 1 aliphatic heterocycles. The fraction of sp³-hybridized carbons (Fsp3) is 0.688. The number of nitrogens with zero attached hydrogens (tertiary/aromatic N) is 4. The second-order valence-corrected chi connectivity index (χ2v) is 5.31. The SMILES string of the molecule is CC.CCC(C(=O)OC)N(c1nc(Cl)ncc1[N+](=O)[O-])C1CCOC1.CN. The Morgan fingerprint density at radius 3 is 2.63 bits per heavy atom. The van der Waals surface area contributed by atoms with Gasteiger partial charge in [0, 0.05) is 6.61 Å². The van der Waals surface area contributed by atoms with Crippen molar-refractivity contribution in [2.45, 2.75) is 45.7 Å². The van der Waals surface area contributed by atoms with Crippen molar-refractivity contribution in [3.05, 3.63) is 21.6 Å². The summed E-state index contributed by atoms with van der Waals surface area (Å²) in [6, 6.07) is -0.958. The van der Waals surface area contributed by atoms with E-state index in [9.17, 15) is 14.9 Å². The molecule has 0 radical (unpaired) electrons. The molecule has 2 heterocycles. The molecule has 2 atom stereocenters. The normalized spacial score (nSPS) is 16.2. The number of hydrogen-bond donors (Lipinski definition) is 1. The van der Waals surface area contributed by atoms with Crippen LogP contribution in [0.4, 0.5) is 11.5 Å². The largest absolute Gasteiger partial charge is 0.467 e. The van der Waals surface area contributed by atoms with Crippen LogP contribution >= 0.6 is 11.6 Å². The second kappa shape index (κ2) is 13.2. The zero-order valence-electron chi connectivity index (χ0n) is 16.3. The molecule has 0 spiro atoms. The molecule has 10 nitrogen and oxygen atoms in total. The molecule has 1 aromatic heterocycles. The van der Waals surface area contributed by atoms with Crippen molar-refractivity contribution in [1.29, 1.82) is 0 Å². The number of aromatic nitrogens is 2. The summed E-state index contributed by atoms with van der Waals surface area (Å²) in [5, 5.41) is 11.2. The molecule has 0 bridgehead atoms. The smallest absolute Gasteiger partial charge is 0.329 e. The van der Waals surface area contributed by atoms with Crippen LogP contribution in [0.3, 0.4) is 0 Å². The first-order valence-electron chi connectivity index (χ1n) is 8.68. The van der Waals surface area contributed by atoms with Gasteiger partial charge in [0.05, 0.1) is 24.7 Å². The number of carbonyl (C=O) groups is 1. The van der Waals surface area contributed by atoms with Crippen LogP contribution in [-0.4, -0.2) is 60.3 Å². The third-order valence-electron chi connectivity index (χ3n) is 3.66. The van der Waals surface area contributed by atoms with Crippen LogP contribution in [0.2, 0.25) is 5.28 Å². The lowest BCUT2D eigenvalue weighted by atomic mass is 10.1. The van der Waals surface area contributed by atoms with Crippen molar-refractivity contribution >= 4 is 29.1 Å². The van der Waals surface area contributed by atoms with E-state index in [0.717, 1.165) is 6.20 Å². The maximum absolute atomic E-state index is 12.1. The molecule has 1 aliphatic rings. The van der Waals surface area contributed by atoms with E-state index in [1.165, 1.54) is 14.2 Å². The molecule has 1 saturated heterocycles. The van der Waals surface area contributed by atoms with E-state index in [0.29, 0.717) is 26.1 Å². The van der Waals surface area contributed by atoms with Gasteiger partial charge >= 0.3 is 11.7 Å². The van der Waals surface area contributed by atoms with E-state index >= 15 is 0 Å². The fourth-order valence-electron chi connectivity index (χ4n) is 2.59. The minimum Gasteiger partial charge on any atom is -0.467 e. The monoisotopic (exact) mass is 405 g/mol. The molecule has 0 aliphatic carbocycles. The lowest BCUT2D eigenvalue weighted by Gasteiger charge is -2.34. The highest BCUT2D eigenvalue weighted by Crippen LogP contribution is 2.32. The first kappa shape index (κ1) is 25.0. The van der Waals surface area contributed by atoms with Gasteiger partial charge in [0.2, 0.25) is 11.1 Å². The van der Waals surface area contributed by atoms with Crippen LogP contribution in [0.15, 0.2) is 6.20 Å². The summed E-state index contributed by atoms with van der Waals surface area (Å²) in [6.45, 7) is 6.64. The Balaban J connectivity index is 0.00000158. The molecule has 0 saturated carbocycles. The van der Waals surface area contributed by atoms with Crippen LogP contribution < -0.4 is 10.6 Å². The third-order valence-corrected chi connectivity index (χ3v) is 3.84.